The van der Waals surface area contributed by atoms with E-state index in [-0.39, 0.29) is 11.1 Å². The maximum atomic E-state index is 12.4. The van der Waals surface area contributed by atoms with E-state index < -0.39 is 11.9 Å². The summed E-state index contributed by atoms with van der Waals surface area (Å²) in [5.74, 6) is -1.15. The van der Waals surface area contributed by atoms with Gasteiger partial charge in [0.15, 0.2) is 0 Å². The number of aromatic nitrogens is 1. The number of carbonyl (C=O) groups is 2. The van der Waals surface area contributed by atoms with Crippen LogP contribution in [-0.4, -0.2) is 30.6 Å². The first-order valence-corrected chi connectivity index (χ1v) is 7.04. The van der Waals surface area contributed by atoms with Crippen LogP contribution in [0.4, 0.5) is 0 Å². The SMILES string of the molecule is COC(=O)c1c(C(=O)OC)c2ccccn2c1-c1ccccc1. The lowest BCUT2D eigenvalue weighted by Crippen LogP contribution is -2.10. The van der Waals surface area contributed by atoms with Crippen molar-refractivity contribution in [2.75, 3.05) is 14.2 Å². The molecule has 0 aliphatic rings. The predicted octanol–water partition coefficient (Wildman–Crippen LogP) is 3.18. The highest BCUT2D eigenvalue weighted by Gasteiger charge is 2.29. The van der Waals surface area contributed by atoms with Gasteiger partial charge in [0.1, 0.15) is 11.1 Å². The number of benzene rings is 1. The van der Waals surface area contributed by atoms with Crippen LogP contribution in [0.3, 0.4) is 0 Å². The first kappa shape index (κ1) is 14.8. The molecule has 3 rings (SSSR count). The van der Waals surface area contributed by atoms with E-state index >= 15 is 0 Å². The molecule has 0 amide bonds. The lowest BCUT2D eigenvalue weighted by atomic mass is 10.0. The lowest BCUT2D eigenvalue weighted by molar-refractivity contribution is 0.0558. The van der Waals surface area contributed by atoms with Crippen molar-refractivity contribution < 1.29 is 19.1 Å². The molecule has 23 heavy (non-hydrogen) atoms. The molecule has 0 unspecified atom stereocenters. The fraction of sp³-hybridized carbons (Fsp3) is 0.111. The Morgan fingerprint density at radius 2 is 1.43 bits per heavy atom. The summed E-state index contributed by atoms with van der Waals surface area (Å²) >= 11 is 0. The number of methoxy groups -OCH3 is 2. The van der Waals surface area contributed by atoms with Crippen LogP contribution >= 0.6 is 0 Å². The second-order valence-corrected chi connectivity index (χ2v) is 4.90. The molecule has 0 fully saturated rings. The zero-order valence-electron chi connectivity index (χ0n) is 12.8. The number of esters is 2. The summed E-state index contributed by atoms with van der Waals surface area (Å²) in [4.78, 5) is 24.6. The Kier molecular flexibility index (Phi) is 3.85. The second-order valence-electron chi connectivity index (χ2n) is 4.90. The highest BCUT2D eigenvalue weighted by Crippen LogP contribution is 2.33. The van der Waals surface area contributed by atoms with Gasteiger partial charge in [-0.05, 0) is 17.7 Å². The summed E-state index contributed by atoms with van der Waals surface area (Å²) in [6, 6.07) is 14.8. The van der Waals surface area contributed by atoms with Gasteiger partial charge >= 0.3 is 11.9 Å². The number of nitrogens with zero attached hydrogens (tertiary/aromatic N) is 1. The van der Waals surface area contributed by atoms with Gasteiger partial charge in [0.2, 0.25) is 0 Å². The molecule has 0 saturated carbocycles. The molecule has 0 N–H and O–H groups in total. The second kappa shape index (κ2) is 5.96. The summed E-state index contributed by atoms with van der Waals surface area (Å²) in [5.41, 5.74) is 2.42. The summed E-state index contributed by atoms with van der Waals surface area (Å²) < 4.78 is 11.6. The zero-order valence-corrected chi connectivity index (χ0v) is 12.8. The van der Waals surface area contributed by atoms with E-state index in [4.69, 9.17) is 9.47 Å². The van der Waals surface area contributed by atoms with Gasteiger partial charge in [-0.15, -0.1) is 0 Å². The van der Waals surface area contributed by atoms with E-state index in [1.165, 1.54) is 14.2 Å². The Morgan fingerprint density at radius 3 is 2.09 bits per heavy atom. The van der Waals surface area contributed by atoms with Crippen LogP contribution in [-0.2, 0) is 9.47 Å². The van der Waals surface area contributed by atoms with Gasteiger partial charge < -0.3 is 13.9 Å². The number of hydrogen-bond acceptors (Lipinski definition) is 4. The normalized spacial score (nSPS) is 10.5. The molecular weight excluding hydrogens is 294 g/mol. The standard InChI is InChI=1S/C18H15NO4/c1-22-17(20)14-13-10-6-7-11-19(13)16(15(14)18(21)23-2)12-8-4-3-5-9-12/h3-11H,1-2H3. The van der Waals surface area contributed by atoms with Crippen LogP contribution in [0.15, 0.2) is 54.7 Å². The number of rotatable bonds is 3. The average molecular weight is 309 g/mol. The minimum atomic E-state index is -0.576. The summed E-state index contributed by atoms with van der Waals surface area (Å²) in [6.45, 7) is 0. The fourth-order valence-electron chi connectivity index (χ4n) is 2.70. The third-order valence-corrected chi connectivity index (χ3v) is 3.67. The smallest absolute Gasteiger partial charge is 0.340 e. The topological polar surface area (TPSA) is 57.0 Å². The fourth-order valence-corrected chi connectivity index (χ4v) is 2.70. The molecule has 0 bridgehead atoms. The van der Waals surface area contributed by atoms with Crippen molar-refractivity contribution in [3.63, 3.8) is 0 Å². The van der Waals surface area contributed by atoms with E-state index in [2.05, 4.69) is 0 Å². The summed E-state index contributed by atoms with van der Waals surface area (Å²) in [7, 11) is 2.58. The van der Waals surface area contributed by atoms with Crippen molar-refractivity contribution in [2.24, 2.45) is 0 Å². The third-order valence-electron chi connectivity index (χ3n) is 3.67. The lowest BCUT2D eigenvalue weighted by Gasteiger charge is -2.06. The van der Waals surface area contributed by atoms with Crippen molar-refractivity contribution in [2.45, 2.75) is 0 Å². The van der Waals surface area contributed by atoms with Crippen LogP contribution in [0, 0.1) is 0 Å². The molecule has 0 saturated heterocycles. The van der Waals surface area contributed by atoms with Crippen LogP contribution in [0.5, 0.6) is 0 Å². The van der Waals surface area contributed by atoms with Crippen molar-refractivity contribution >= 4 is 17.5 Å². The van der Waals surface area contributed by atoms with Crippen molar-refractivity contribution in [3.8, 4) is 11.3 Å². The van der Waals surface area contributed by atoms with Gasteiger partial charge in [-0.1, -0.05) is 36.4 Å². The minimum absolute atomic E-state index is 0.205. The Hall–Kier alpha value is -3.08. The van der Waals surface area contributed by atoms with Crippen molar-refractivity contribution in [1.29, 1.82) is 0 Å². The van der Waals surface area contributed by atoms with Crippen LogP contribution in [0.25, 0.3) is 16.8 Å². The summed E-state index contributed by atoms with van der Waals surface area (Å²) in [6.07, 6.45) is 1.80. The largest absolute Gasteiger partial charge is 0.465 e. The molecule has 5 heteroatoms. The average Bonchev–Trinajstić information content (AvgIpc) is 2.96. The molecular formula is C18H15NO4. The van der Waals surface area contributed by atoms with E-state index in [1.54, 1.807) is 22.7 Å². The Morgan fingerprint density at radius 1 is 0.826 bits per heavy atom. The van der Waals surface area contributed by atoms with E-state index in [0.717, 1.165) is 5.56 Å². The van der Waals surface area contributed by atoms with Gasteiger partial charge in [-0.25, -0.2) is 9.59 Å². The van der Waals surface area contributed by atoms with Gasteiger partial charge in [0, 0.05) is 6.20 Å². The predicted molar refractivity (Wildman–Crippen MR) is 85.5 cm³/mol. The van der Waals surface area contributed by atoms with E-state index in [0.29, 0.717) is 11.2 Å². The maximum absolute atomic E-state index is 12.4. The molecule has 0 aliphatic heterocycles. The minimum Gasteiger partial charge on any atom is -0.465 e. The van der Waals surface area contributed by atoms with E-state index in [9.17, 15) is 9.59 Å². The Labute approximate surface area is 133 Å². The van der Waals surface area contributed by atoms with Gasteiger partial charge in [-0.2, -0.15) is 0 Å². The van der Waals surface area contributed by atoms with Gasteiger partial charge in [0.05, 0.1) is 25.4 Å². The first-order chi connectivity index (χ1) is 11.2. The van der Waals surface area contributed by atoms with Crippen molar-refractivity contribution in [3.05, 3.63) is 65.9 Å². The third kappa shape index (κ3) is 2.36. The van der Waals surface area contributed by atoms with Gasteiger partial charge in [0.25, 0.3) is 0 Å². The van der Waals surface area contributed by atoms with Gasteiger partial charge in [-0.3, -0.25) is 0 Å². The molecule has 3 aromatic rings. The monoisotopic (exact) mass is 309 g/mol. The molecule has 1 aromatic carbocycles. The quantitative estimate of drug-likeness (QED) is 0.697. The highest BCUT2D eigenvalue weighted by molar-refractivity contribution is 6.12. The molecule has 5 nitrogen and oxygen atoms in total. The number of pyridine rings is 1. The van der Waals surface area contributed by atoms with Crippen LogP contribution in [0.2, 0.25) is 0 Å². The molecule has 116 valence electrons. The number of ether oxygens (including phenoxy) is 2. The molecule has 2 heterocycles. The van der Waals surface area contributed by atoms with Crippen LogP contribution in [0.1, 0.15) is 20.7 Å². The first-order valence-electron chi connectivity index (χ1n) is 7.04. The maximum Gasteiger partial charge on any atom is 0.340 e. The number of fused-ring (bicyclic) bond motifs is 1. The Bertz CT molecular complexity index is 881. The Balaban J connectivity index is 2.47. The highest BCUT2D eigenvalue weighted by atomic mass is 16.5. The zero-order chi connectivity index (χ0) is 16.4. The molecule has 0 aliphatic carbocycles. The van der Waals surface area contributed by atoms with Crippen molar-refractivity contribution in [1.82, 2.24) is 4.40 Å². The molecule has 0 spiro atoms. The van der Waals surface area contributed by atoms with Crippen LogP contribution < -0.4 is 0 Å². The molecule has 2 aromatic heterocycles. The molecule has 0 radical (unpaired) electrons. The number of carbonyl (C=O) groups excluding carboxylic acids is 2. The number of hydrogen-bond donors (Lipinski definition) is 0. The molecule has 0 atom stereocenters. The van der Waals surface area contributed by atoms with E-state index in [1.807, 2.05) is 36.4 Å². The summed E-state index contributed by atoms with van der Waals surface area (Å²) in [5, 5.41) is 0.